The first kappa shape index (κ1) is 21.2. The number of nitrogens with zero attached hydrogens (tertiary/aromatic N) is 5. The molecule has 7 heteroatoms. The molecule has 33 heavy (non-hydrogen) atoms. The van der Waals surface area contributed by atoms with E-state index in [-0.39, 0.29) is 17.8 Å². The van der Waals surface area contributed by atoms with Crippen molar-refractivity contribution in [2.75, 3.05) is 11.4 Å². The van der Waals surface area contributed by atoms with Gasteiger partial charge in [0, 0.05) is 25.8 Å². The lowest BCUT2D eigenvalue weighted by atomic mass is 10.1. The quantitative estimate of drug-likeness (QED) is 0.485. The van der Waals surface area contributed by atoms with Gasteiger partial charge in [-0.15, -0.1) is 0 Å². The van der Waals surface area contributed by atoms with Gasteiger partial charge in [0.05, 0.1) is 6.54 Å². The van der Waals surface area contributed by atoms with Crippen LogP contribution >= 0.6 is 0 Å². The molecule has 0 N–H and O–H groups in total. The van der Waals surface area contributed by atoms with Gasteiger partial charge >= 0.3 is 5.69 Å². The third-order valence-corrected chi connectivity index (χ3v) is 6.83. The average Bonchev–Trinajstić information content (AvgIpc) is 3.17. The standard InChI is InChI=1S/C26H29N5O2/c1-16-13-29(21-11-10-17(2)19(4)12-21)25-27-23-22(30(25)14-16)24(32)31(26(33)28(23)5)15-20-9-7-6-8-18(20)3/h6-12,16H,13-15H2,1-5H3/t16-/m0/s1. The van der Waals surface area contributed by atoms with Crippen molar-refractivity contribution in [2.45, 2.75) is 40.8 Å². The number of imidazole rings is 1. The van der Waals surface area contributed by atoms with E-state index < -0.39 is 0 Å². The second-order valence-corrected chi connectivity index (χ2v) is 9.34. The molecule has 3 heterocycles. The number of fused-ring (bicyclic) bond motifs is 3. The van der Waals surface area contributed by atoms with Crippen molar-refractivity contribution in [3.05, 3.63) is 85.6 Å². The highest BCUT2D eigenvalue weighted by Crippen LogP contribution is 2.33. The Hall–Kier alpha value is -3.61. The lowest BCUT2D eigenvalue weighted by molar-refractivity contribution is 0.458. The maximum atomic E-state index is 13.7. The summed E-state index contributed by atoms with van der Waals surface area (Å²) >= 11 is 0. The van der Waals surface area contributed by atoms with Gasteiger partial charge in [-0.2, -0.15) is 4.98 Å². The predicted molar refractivity (Wildman–Crippen MR) is 132 cm³/mol. The minimum absolute atomic E-state index is 0.241. The molecule has 0 saturated carbocycles. The molecule has 0 unspecified atom stereocenters. The van der Waals surface area contributed by atoms with Crippen LogP contribution in [-0.4, -0.2) is 25.2 Å². The van der Waals surface area contributed by atoms with Crippen LogP contribution in [0.5, 0.6) is 0 Å². The first-order valence-corrected chi connectivity index (χ1v) is 11.4. The molecule has 0 saturated heterocycles. The number of aromatic nitrogens is 4. The number of hydrogen-bond acceptors (Lipinski definition) is 4. The largest absolute Gasteiger partial charge is 0.332 e. The highest BCUT2D eigenvalue weighted by Gasteiger charge is 2.30. The lowest BCUT2D eigenvalue weighted by Gasteiger charge is -2.33. The molecule has 7 nitrogen and oxygen atoms in total. The highest BCUT2D eigenvalue weighted by atomic mass is 16.2. The Morgan fingerprint density at radius 2 is 1.73 bits per heavy atom. The van der Waals surface area contributed by atoms with Crippen molar-refractivity contribution < 1.29 is 0 Å². The fourth-order valence-electron chi connectivity index (χ4n) is 4.71. The molecule has 0 radical (unpaired) electrons. The van der Waals surface area contributed by atoms with Crippen molar-refractivity contribution in [2.24, 2.45) is 13.0 Å². The number of hydrogen-bond donors (Lipinski definition) is 0. The zero-order chi connectivity index (χ0) is 23.4. The van der Waals surface area contributed by atoms with Gasteiger partial charge in [-0.1, -0.05) is 37.3 Å². The summed E-state index contributed by atoms with van der Waals surface area (Å²) in [6.45, 7) is 10.1. The van der Waals surface area contributed by atoms with Crippen molar-refractivity contribution in [3.8, 4) is 0 Å². The average molecular weight is 444 g/mol. The monoisotopic (exact) mass is 443 g/mol. The zero-order valence-corrected chi connectivity index (χ0v) is 19.8. The smallest absolute Gasteiger partial charge is 0.312 e. The van der Waals surface area contributed by atoms with E-state index in [1.807, 2.05) is 35.8 Å². The number of anilines is 2. The molecule has 2 aromatic carbocycles. The third kappa shape index (κ3) is 3.39. The molecular weight excluding hydrogens is 414 g/mol. The molecule has 1 atom stereocenters. The van der Waals surface area contributed by atoms with Gasteiger partial charge in [0.15, 0.2) is 11.2 Å². The normalized spacial score (nSPS) is 15.8. The van der Waals surface area contributed by atoms with E-state index >= 15 is 0 Å². The molecule has 1 aliphatic heterocycles. The van der Waals surface area contributed by atoms with Gasteiger partial charge < -0.3 is 9.47 Å². The first-order chi connectivity index (χ1) is 15.8. The molecular formula is C26H29N5O2. The van der Waals surface area contributed by atoms with Crippen LogP contribution in [0.4, 0.5) is 11.6 Å². The Labute approximate surface area is 192 Å². The summed E-state index contributed by atoms with van der Waals surface area (Å²) in [6.07, 6.45) is 0. The maximum Gasteiger partial charge on any atom is 0.332 e. The van der Waals surface area contributed by atoms with Crippen LogP contribution in [0.1, 0.15) is 29.2 Å². The number of benzene rings is 2. The molecule has 2 aromatic heterocycles. The van der Waals surface area contributed by atoms with Gasteiger partial charge in [0.2, 0.25) is 5.95 Å². The molecule has 1 aliphatic rings. The van der Waals surface area contributed by atoms with Crippen LogP contribution < -0.4 is 16.1 Å². The molecule has 170 valence electrons. The van der Waals surface area contributed by atoms with Gasteiger partial charge in [-0.05, 0) is 61.1 Å². The molecule has 0 spiro atoms. The predicted octanol–water partition coefficient (Wildman–Crippen LogP) is 3.66. The van der Waals surface area contributed by atoms with E-state index in [4.69, 9.17) is 4.98 Å². The minimum atomic E-state index is -0.350. The summed E-state index contributed by atoms with van der Waals surface area (Å²) in [5, 5.41) is 0. The van der Waals surface area contributed by atoms with Crippen LogP contribution in [0.25, 0.3) is 11.2 Å². The third-order valence-electron chi connectivity index (χ3n) is 6.83. The Kier molecular flexibility index (Phi) is 5.00. The summed E-state index contributed by atoms with van der Waals surface area (Å²) < 4.78 is 4.83. The SMILES string of the molecule is Cc1ccc(N2C[C@H](C)Cn3c2nc2c3c(=O)n(Cc3ccccc3C)c(=O)n2C)cc1C. The van der Waals surface area contributed by atoms with Crippen molar-refractivity contribution in [1.82, 2.24) is 18.7 Å². The van der Waals surface area contributed by atoms with Gasteiger partial charge in [-0.25, -0.2) is 4.79 Å². The molecule has 4 aromatic rings. The number of aryl methyl sites for hydroxylation is 4. The fourth-order valence-corrected chi connectivity index (χ4v) is 4.71. The highest BCUT2D eigenvalue weighted by molar-refractivity contribution is 5.77. The van der Waals surface area contributed by atoms with Gasteiger partial charge in [-0.3, -0.25) is 13.9 Å². The Balaban J connectivity index is 1.73. The van der Waals surface area contributed by atoms with Crippen LogP contribution in [0, 0.1) is 26.7 Å². The second kappa shape index (κ2) is 7.76. The molecule has 0 amide bonds. The maximum absolute atomic E-state index is 13.7. The van der Waals surface area contributed by atoms with Crippen LogP contribution in [0.2, 0.25) is 0 Å². The van der Waals surface area contributed by atoms with Crippen molar-refractivity contribution >= 4 is 22.8 Å². The van der Waals surface area contributed by atoms with Crippen LogP contribution in [0.3, 0.4) is 0 Å². The summed E-state index contributed by atoms with van der Waals surface area (Å²) in [5.41, 5.74) is 5.79. The van der Waals surface area contributed by atoms with E-state index in [0.29, 0.717) is 29.6 Å². The van der Waals surface area contributed by atoms with E-state index in [1.54, 1.807) is 7.05 Å². The van der Waals surface area contributed by atoms with Crippen molar-refractivity contribution in [1.29, 1.82) is 0 Å². The number of rotatable bonds is 3. The van der Waals surface area contributed by atoms with Crippen LogP contribution in [-0.2, 0) is 20.1 Å². The summed E-state index contributed by atoms with van der Waals surface area (Å²) in [7, 11) is 1.70. The van der Waals surface area contributed by atoms with E-state index in [1.165, 1.54) is 20.3 Å². The Morgan fingerprint density at radius 3 is 2.45 bits per heavy atom. The van der Waals surface area contributed by atoms with E-state index in [0.717, 1.165) is 23.4 Å². The zero-order valence-electron chi connectivity index (χ0n) is 19.8. The van der Waals surface area contributed by atoms with Gasteiger partial charge in [0.25, 0.3) is 5.56 Å². The van der Waals surface area contributed by atoms with Crippen LogP contribution in [0.15, 0.2) is 52.1 Å². The van der Waals surface area contributed by atoms with E-state index in [2.05, 4.69) is 43.9 Å². The fraction of sp³-hybridized carbons (Fsp3) is 0.346. The lowest BCUT2D eigenvalue weighted by Crippen LogP contribution is -2.40. The van der Waals surface area contributed by atoms with Crippen molar-refractivity contribution in [3.63, 3.8) is 0 Å². The first-order valence-electron chi connectivity index (χ1n) is 11.4. The summed E-state index contributed by atoms with van der Waals surface area (Å²) in [6, 6.07) is 14.2. The minimum Gasteiger partial charge on any atom is -0.312 e. The Morgan fingerprint density at radius 1 is 0.970 bits per heavy atom. The summed E-state index contributed by atoms with van der Waals surface area (Å²) in [4.78, 5) is 33.8. The molecule has 0 fully saturated rings. The summed E-state index contributed by atoms with van der Waals surface area (Å²) in [5.74, 6) is 1.03. The van der Waals surface area contributed by atoms with E-state index in [9.17, 15) is 9.59 Å². The molecule has 0 aliphatic carbocycles. The second-order valence-electron chi connectivity index (χ2n) is 9.34. The molecule has 5 rings (SSSR count). The topological polar surface area (TPSA) is 65.1 Å². The Bertz CT molecular complexity index is 1510. The van der Waals surface area contributed by atoms with Gasteiger partial charge in [0.1, 0.15) is 0 Å². The molecule has 0 bridgehead atoms.